The lowest BCUT2D eigenvalue weighted by atomic mass is 9.68. The van der Waals surface area contributed by atoms with Gasteiger partial charge in [-0.1, -0.05) is 152 Å². The van der Waals surface area contributed by atoms with E-state index in [4.69, 9.17) is 14.5 Å². The highest BCUT2D eigenvalue weighted by Crippen LogP contribution is 2.62. The first-order valence-corrected chi connectivity index (χ1v) is 19.2. The Morgan fingerprint density at radius 3 is 1.75 bits per heavy atom. The molecule has 0 spiro atoms. The van der Waals surface area contributed by atoms with Crippen molar-refractivity contribution in [2.75, 3.05) is 0 Å². The summed E-state index contributed by atoms with van der Waals surface area (Å²) in [7, 11) is 0. The van der Waals surface area contributed by atoms with Gasteiger partial charge in [-0.05, 0) is 87.5 Å². The molecular weight excluding hydrogens is 697 g/mol. The van der Waals surface area contributed by atoms with Gasteiger partial charge in [-0.25, -0.2) is 4.98 Å². The van der Waals surface area contributed by atoms with Crippen LogP contribution in [-0.4, -0.2) is 9.97 Å². The van der Waals surface area contributed by atoms with Crippen LogP contribution in [0.4, 0.5) is 0 Å². The molecule has 0 unspecified atom stereocenters. The molecule has 0 atom stereocenters. The fourth-order valence-corrected chi connectivity index (χ4v) is 8.72. The van der Waals surface area contributed by atoms with Crippen LogP contribution in [0.25, 0.3) is 56.0 Å². The third-order valence-corrected chi connectivity index (χ3v) is 11.3. The molecule has 11 rings (SSSR count). The second-order valence-corrected chi connectivity index (χ2v) is 14.5. The average Bonchev–Trinajstić information content (AvgIpc) is 3.61. The Balaban J connectivity index is 1.01. The van der Waals surface area contributed by atoms with Gasteiger partial charge in [-0.15, -0.1) is 0 Å². The van der Waals surface area contributed by atoms with Crippen molar-refractivity contribution >= 4 is 0 Å². The number of benzene rings is 7. The minimum absolute atomic E-state index is 0.530. The van der Waals surface area contributed by atoms with E-state index in [9.17, 15) is 0 Å². The highest BCUT2D eigenvalue weighted by atomic mass is 16.6. The third kappa shape index (κ3) is 5.37. The van der Waals surface area contributed by atoms with Crippen molar-refractivity contribution in [2.24, 2.45) is 0 Å². The summed E-state index contributed by atoms with van der Waals surface area (Å²) in [5.74, 6) is 2.80. The normalized spacial score (nSPS) is 13.0. The number of hydrogen-bond acceptors (Lipinski definition) is 4. The molecule has 57 heavy (non-hydrogen) atoms. The van der Waals surface area contributed by atoms with Crippen LogP contribution in [0, 0.1) is 0 Å². The topological polar surface area (TPSA) is 44.2 Å². The van der Waals surface area contributed by atoms with E-state index in [0.29, 0.717) is 17.2 Å². The summed E-state index contributed by atoms with van der Waals surface area (Å²) < 4.78 is 13.7. The zero-order valence-electron chi connectivity index (χ0n) is 30.8. The summed E-state index contributed by atoms with van der Waals surface area (Å²) in [4.78, 5) is 9.82. The van der Waals surface area contributed by atoms with E-state index in [-0.39, 0.29) is 0 Å². The largest absolute Gasteiger partial charge is 0.449 e. The number of aromatic nitrogens is 2. The highest BCUT2D eigenvalue weighted by Gasteiger charge is 2.48. The number of nitrogens with zero attached hydrogens (tertiary/aromatic N) is 2. The summed E-state index contributed by atoms with van der Waals surface area (Å²) >= 11 is 0. The van der Waals surface area contributed by atoms with Gasteiger partial charge in [0.25, 0.3) is 0 Å². The van der Waals surface area contributed by atoms with Crippen LogP contribution in [0.2, 0.25) is 0 Å². The molecule has 2 aliphatic rings. The molecule has 0 amide bonds. The van der Waals surface area contributed by atoms with E-state index in [1.807, 2.05) is 48.7 Å². The van der Waals surface area contributed by atoms with Gasteiger partial charge in [-0.2, -0.15) is 0 Å². The molecule has 0 radical (unpaired) electrons. The molecule has 0 bridgehead atoms. The van der Waals surface area contributed by atoms with Crippen LogP contribution in [-0.2, 0) is 5.41 Å². The van der Waals surface area contributed by atoms with Gasteiger partial charge in [0.15, 0.2) is 23.0 Å². The Kier molecular flexibility index (Phi) is 7.68. The molecule has 3 heterocycles. The molecule has 9 aromatic rings. The molecule has 0 N–H and O–H groups in total. The van der Waals surface area contributed by atoms with Gasteiger partial charge in [0, 0.05) is 28.5 Å². The summed E-state index contributed by atoms with van der Waals surface area (Å²) in [5, 5.41) is 0. The Morgan fingerprint density at radius 2 is 1.00 bits per heavy atom. The van der Waals surface area contributed by atoms with Crippen LogP contribution in [0.5, 0.6) is 23.0 Å². The van der Waals surface area contributed by atoms with E-state index in [0.717, 1.165) is 61.8 Å². The lowest BCUT2D eigenvalue weighted by molar-refractivity contribution is 0.360. The Bertz CT molecular complexity index is 2850. The second kappa shape index (κ2) is 13.3. The van der Waals surface area contributed by atoms with Crippen LogP contribution in [0.3, 0.4) is 0 Å². The maximum Gasteiger partial charge on any atom is 0.178 e. The molecule has 268 valence electrons. The van der Waals surface area contributed by atoms with Gasteiger partial charge in [-0.3, -0.25) is 4.98 Å². The molecule has 4 heteroatoms. The van der Waals surface area contributed by atoms with Gasteiger partial charge in [0.05, 0.1) is 22.5 Å². The molecule has 1 aliphatic carbocycles. The molecular formula is C53H34N2O2. The van der Waals surface area contributed by atoms with E-state index in [1.54, 1.807) is 0 Å². The minimum Gasteiger partial charge on any atom is -0.449 e. The molecule has 2 aromatic heterocycles. The zero-order chi connectivity index (χ0) is 37.8. The van der Waals surface area contributed by atoms with E-state index in [2.05, 4.69) is 163 Å². The van der Waals surface area contributed by atoms with E-state index >= 15 is 0 Å². The van der Waals surface area contributed by atoms with Crippen molar-refractivity contribution in [3.63, 3.8) is 0 Å². The number of hydrogen-bond donors (Lipinski definition) is 0. The first kappa shape index (κ1) is 32.8. The molecule has 4 nitrogen and oxygen atoms in total. The first-order chi connectivity index (χ1) is 28.2. The van der Waals surface area contributed by atoms with Crippen LogP contribution < -0.4 is 9.47 Å². The molecule has 0 saturated carbocycles. The molecule has 7 aromatic carbocycles. The predicted molar refractivity (Wildman–Crippen MR) is 228 cm³/mol. The summed E-state index contributed by atoms with van der Waals surface area (Å²) in [5.41, 5.74) is 14.3. The van der Waals surface area contributed by atoms with Crippen molar-refractivity contribution in [1.29, 1.82) is 0 Å². The van der Waals surface area contributed by atoms with Crippen molar-refractivity contribution in [2.45, 2.75) is 5.41 Å². The van der Waals surface area contributed by atoms with Crippen molar-refractivity contribution in [1.82, 2.24) is 9.97 Å². The van der Waals surface area contributed by atoms with Crippen molar-refractivity contribution < 1.29 is 9.47 Å². The van der Waals surface area contributed by atoms with Crippen LogP contribution in [0.1, 0.15) is 22.3 Å². The lowest BCUT2D eigenvalue weighted by Crippen LogP contribution is -2.28. The molecule has 0 fully saturated rings. The smallest absolute Gasteiger partial charge is 0.178 e. The SMILES string of the molecule is c1ccc(-c2cc(-c3ccccn3)cc(-c3cccc(-c4ccc5c(c4)Oc4c(ccc6c4-c4ccccc4C6(c4ccccc4)c4ccccc4)O5)c3)n2)cc1. The number of fused-ring (bicyclic) bond motifs is 6. The first-order valence-electron chi connectivity index (χ1n) is 19.2. The van der Waals surface area contributed by atoms with Crippen LogP contribution >= 0.6 is 0 Å². The van der Waals surface area contributed by atoms with E-state index in [1.165, 1.54) is 22.3 Å². The standard InChI is InChI=1S/C53H34N2O2/c1-4-15-35(16-5-1)46-32-39(45-25-12-13-30-54-45)33-47(55-46)38-18-14-17-36(31-38)37-26-28-48-50(34-37)57-52-49(56-48)29-27-44-51(52)42-23-10-11-24-43(42)53(44,40-19-6-2-7-20-40)41-21-8-3-9-22-41/h1-34H. The van der Waals surface area contributed by atoms with Gasteiger partial charge >= 0.3 is 0 Å². The van der Waals surface area contributed by atoms with E-state index < -0.39 is 5.41 Å². The Hall–Kier alpha value is -7.56. The fourth-order valence-electron chi connectivity index (χ4n) is 8.72. The zero-order valence-corrected chi connectivity index (χ0v) is 30.8. The minimum atomic E-state index is -0.530. The Labute approximate surface area is 331 Å². The van der Waals surface area contributed by atoms with Crippen molar-refractivity contribution in [3.8, 4) is 79.0 Å². The quantitative estimate of drug-likeness (QED) is 0.171. The Morgan fingerprint density at radius 1 is 0.368 bits per heavy atom. The van der Waals surface area contributed by atoms with Crippen molar-refractivity contribution in [3.05, 3.63) is 229 Å². The summed E-state index contributed by atoms with van der Waals surface area (Å²) in [6.45, 7) is 0. The number of pyridine rings is 2. The lowest BCUT2D eigenvalue weighted by Gasteiger charge is -2.34. The maximum absolute atomic E-state index is 7.00. The summed E-state index contributed by atoms with van der Waals surface area (Å²) in [6, 6.07) is 69.9. The fraction of sp³-hybridized carbons (Fsp3) is 0.0189. The number of ether oxygens (including phenoxy) is 2. The van der Waals surface area contributed by atoms with Crippen LogP contribution in [0.15, 0.2) is 206 Å². The monoisotopic (exact) mass is 730 g/mol. The van der Waals surface area contributed by atoms with Gasteiger partial charge in [0.2, 0.25) is 0 Å². The summed E-state index contributed by atoms with van der Waals surface area (Å²) in [6.07, 6.45) is 1.83. The highest BCUT2D eigenvalue weighted by molar-refractivity contribution is 5.92. The second-order valence-electron chi connectivity index (χ2n) is 14.5. The maximum atomic E-state index is 7.00. The molecule has 0 saturated heterocycles. The molecule has 1 aliphatic heterocycles. The predicted octanol–water partition coefficient (Wildman–Crippen LogP) is 13.4. The van der Waals surface area contributed by atoms with Gasteiger partial charge in [0.1, 0.15) is 0 Å². The average molecular weight is 731 g/mol. The number of rotatable bonds is 6. The van der Waals surface area contributed by atoms with Gasteiger partial charge < -0.3 is 9.47 Å². The third-order valence-electron chi connectivity index (χ3n) is 11.3.